The molecule has 1 unspecified atom stereocenters. The lowest BCUT2D eigenvalue weighted by molar-refractivity contribution is -0.155. The minimum Gasteiger partial charge on any atom is -0.462 e. The molecule has 2 aliphatic carbocycles. The molecule has 0 heterocycles. The van der Waals surface area contributed by atoms with Crippen LogP contribution in [0, 0.1) is 24.6 Å². The summed E-state index contributed by atoms with van der Waals surface area (Å²) in [6, 6.07) is 3.65. The highest BCUT2D eigenvalue weighted by molar-refractivity contribution is 6.31. The van der Waals surface area contributed by atoms with E-state index in [-0.39, 0.29) is 28.8 Å². The number of allylic oxidation sites excluding steroid dienone is 1. The Morgan fingerprint density at radius 1 is 1.17 bits per heavy atom. The monoisotopic (exact) mass is 420 g/mol. The number of halogens is 2. The van der Waals surface area contributed by atoms with Crippen molar-refractivity contribution in [2.24, 2.45) is 11.8 Å². The van der Waals surface area contributed by atoms with E-state index in [2.05, 4.69) is 6.92 Å². The Bertz CT molecular complexity index is 735. The van der Waals surface area contributed by atoms with Crippen LogP contribution in [0.3, 0.4) is 0 Å². The van der Waals surface area contributed by atoms with Crippen LogP contribution >= 0.6 is 11.6 Å². The summed E-state index contributed by atoms with van der Waals surface area (Å²) in [4.78, 5) is 12.6. The SMILES string of the molecule is CCCCCC1CCC(C(=O)OC2CC=C(c3ccc(C)c(Cl)c3F)CC2)CC1. The van der Waals surface area contributed by atoms with Crippen molar-refractivity contribution >= 4 is 23.1 Å². The number of carbonyl (C=O) groups is 1. The molecule has 0 bridgehead atoms. The second-order valence-electron chi connectivity index (χ2n) is 8.83. The second kappa shape index (κ2) is 10.6. The van der Waals surface area contributed by atoms with E-state index in [1.54, 1.807) is 13.0 Å². The summed E-state index contributed by atoms with van der Waals surface area (Å²) < 4.78 is 20.3. The lowest BCUT2D eigenvalue weighted by atomic mass is 9.79. The zero-order chi connectivity index (χ0) is 20.8. The van der Waals surface area contributed by atoms with Crippen LogP contribution in [-0.2, 0) is 9.53 Å². The smallest absolute Gasteiger partial charge is 0.309 e. The van der Waals surface area contributed by atoms with Crippen LogP contribution in [0.4, 0.5) is 4.39 Å². The molecule has 4 heteroatoms. The first-order valence-electron chi connectivity index (χ1n) is 11.3. The van der Waals surface area contributed by atoms with Gasteiger partial charge in [-0.3, -0.25) is 4.79 Å². The van der Waals surface area contributed by atoms with Crippen LogP contribution in [0.25, 0.3) is 5.57 Å². The maximum atomic E-state index is 14.5. The fourth-order valence-electron chi connectivity index (χ4n) is 4.69. The third-order valence-corrected chi connectivity index (χ3v) is 7.13. The molecule has 0 saturated heterocycles. The molecule has 0 spiro atoms. The third kappa shape index (κ3) is 5.84. The van der Waals surface area contributed by atoms with Crippen LogP contribution < -0.4 is 0 Å². The molecule has 29 heavy (non-hydrogen) atoms. The van der Waals surface area contributed by atoms with Crippen molar-refractivity contribution in [3.63, 3.8) is 0 Å². The molecule has 0 N–H and O–H groups in total. The van der Waals surface area contributed by atoms with Gasteiger partial charge in [-0.25, -0.2) is 4.39 Å². The predicted molar refractivity (Wildman–Crippen MR) is 117 cm³/mol. The molecule has 0 aliphatic heterocycles. The fourth-order valence-corrected chi connectivity index (χ4v) is 4.85. The Hall–Kier alpha value is -1.35. The standard InChI is InChI=1S/C25H34ClFO2/c1-3-4-5-6-18-8-10-20(11-9-18)25(28)29-21-14-12-19(13-15-21)22-16-7-17(2)23(26)24(22)27/h7,12,16,18,20-21H,3-6,8-11,13-15H2,1-2H3. The second-order valence-corrected chi connectivity index (χ2v) is 9.21. The normalized spacial score (nSPS) is 24.8. The van der Waals surface area contributed by atoms with E-state index in [0.717, 1.165) is 49.2 Å². The topological polar surface area (TPSA) is 26.3 Å². The Morgan fingerprint density at radius 2 is 1.93 bits per heavy atom. The van der Waals surface area contributed by atoms with Crippen LogP contribution in [0.15, 0.2) is 18.2 Å². The molecule has 0 radical (unpaired) electrons. The van der Waals surface area contributed by atoms with Crippen LogP contribution in [-0.4, -0.2) is 12.1 Å². The fraction of sp³-hybridized carbons (Fsp3) is 0.640. The summed E-state index contributed by atoms with van der Waals surface area (Å²) in [6.45, 7) is 4.04. The maximum absolute atomic E-state index is 14.5. The number of hydrogen-bond acceptors (Lipinski definition) is 2. The van der Waals surface area contributed by atoms with Crippen LogP contribution in [0.1, 0.15) is 88.7 Å². The Balaban J connectivity index is 1.47. The zero-order valence-corrected chi connectivity index (χ0v) is 18.6. The Morgan fingerprint density at radius 3 is 2.59 bits per heavy atom. The van der Waals surface area contributed by atoms with Gasteiger partial charge in [0.05, 0.1) is 10.9 Å². The summed E-state index contributed by atoms with van der Waals surface area (Å²) in [5, 5.41) is 0.197. The molecule has 2 aliphatic rings. The van der Waals surface area contributed by atoms with Crippen molar-refractivity contribution < 1.29 is 13.9 Å². The molecule has 3 rings (SSSR count). The quantitative estimate of drug-likeness (QED) is 0.334. The van der Waals surface area contributed by atoms with E-state index in [4.69, 9.17) is 16.3 Å². The number of unbranched alkanes of at least 4 members (excludes halogenated alkanes) is 2. The van der Waals surface area contributed by atoms with Gasteiger partial charge in [-0.1, -0.05) is 62.4 Å². The molecule has 0 aromatic heterocycles. The van der Waals surface area contributed by atoms with E-state index in [1.165, 1.54) is 25.7 Å². The van der Waals surface area contributed by atoms with Crippen molar-refractivity contribution in [2.45, 2.75) is 90.6 Å². The van der Waals surface area contributed by atoms with Gasteiger partial charge in [0.25, 0.3) is 0 Å². The van der Waals surface area contributed by atoms with Gasteiger partial charge in [0.2, 0.25) is 0 Å². The molecular formula is C25H34ClFO2. The molecule has 1 atom stereocenters. The summed E-state index contributed by atoms with van der Waals surface area (Å²) in [5.74, 6) is 0.491. The molecular weight excluding hydrogens is 387 g/mol. The van der Waals surface area contributed by atoms with Gasteiger partial charge in [-0.15, -0.1) is 0 Å². The van der Waals surface area contributed by atoms with Gasteiger partial charge < -0.3 is 4.74 Å². The van der Waals surface area contributed by atoms with Crippen molar-refractivity contribution in [2.75, 3.05) is 0 Å². The van der Waals surface area contributed by atoms with Crippen molar-refractivity contribution in [1.29, 1.82) is 0 Å². The van der Waals surface area contributed by atoms with E-state index < -0.39 is 0 Å². The highest BCUT2D eigenvalue weighted by Crippen LogP contribution is 2.36. The van der Waals surface area contributed by atoms with E-state index in [9.17, 15) is 9.18 Å². The average Bonchev–Trinajstić information content (AvgIpc) is 2.73. The number of rotatable bonds is 7. The minimum atomic E-state index is -0.343. The predicted octanol–water partition coefficient (Wildman–Crippen LogP) is 7.65. The van der Waals surface area contributed by atoms with Crippen molar-refractivity contribution in [3.8, 4) is 0 Å². The summed E-state index contributed by atoms with van der Waals surface area (Å²) in [6.07, 6.45) is 13.5. The first-order valence-corrected chi connectivity index (χ1v) is 11.7. The minimum absolute atomic E-state index is 0.0246. The lowest BCUT2D eigenvalue weighted by Gasteiger charge is -2.29. The maximum Gasteiger partial charge on any atom is 0.309 e. The molecule has 1 saturated carbocycles. The first-order chi connectivity index (χ1) is 14.0. The largest absolute Gasteiger partial charge is 0.462 e. The highest BCUT2D eigenvalue weighted by atomic mass is 35.5. The van der Waals surface area contributed by atoms with Gasteiger partial charge in [-0.05, 0) is 62.5 Å². The van der Waals surface area contributed by atoms with Gasteiger partial charge in [0.1, 0.15) is 11.9 Å². The first kappa shape index (κ1) is 22.3. The molecule has 1 aromatic carbocycles. The van der Waals surface area contributed by atoms with E-state index >= 15 is 0 Å². The number of hydrogen-bond donors (Lipinski definition) is 0. The van der Waals surface area contributed by atoms with Crippen molar-refractivity contribution in [1.82, 2.24) is 0 Å². The van der Waals surface area contributed by atoms with Crippen LogP contribution in [0.5, 0.6) is 0 Å². The summed E-state index contributed by atoms with van der Waals surface area (Å²) >= 11 is 6.06. The van der Waals surface area contributed by atoms with Crippen molar-refractivity contribution in [3.05, 3.63) is 40.2 Å². The molecule has 160 valence electrons. The van der Waals surface area contributed by atoms with Gasteiger partial charge >= 0.3 is 5.97 Å². The third-order valence-electron chi connectivity index (χ3n) is 6.66. The van der Waals surface area contributed by atoms with Crippen LogP contribution in [0.2, 0.25) is 5.02 Å². The molecule has 2 nitrogen and oxygen atoms in total. The molecule has 1 fully saturated rings. The zero-order valence-electron chi connectivity index (χ0n) is 17.8. The number of esters is 1. The highest BCUT2D eigenvalue weighted by Gasteiger charge is 2.29. The van der Waals surface area contributed by atoms with Gasteiger partial charge in [0.15, 0.2) is 0 Å². The van der Waals surface area contributed by atoms with E-state index in [1.807, 2.05) is 12.1 Å². The van der Waals surface area contributed by atoms with E-state index in [0.29, 0.717) is 18.4 Å². The summed E-state index contributed by atoms with van der Waals surface area (Å²) in [5.41, 5.74) is 2.28. The lowest BCUT2D eigenvalue weighted by Crippen LogP contribution is -2.28. The molecule has 1 aromatic rings. The van der Waals surface area contributed by atoms with Gasteiger partial charge in [0, 0.05) is 12.0 Å². The Labute approximate surface area is 179 Å². The number of carbonyl (C=O) groups excluding carboxylic acids is 1. The number of aryl methyl sites for hydroxylation is 1. The number of benzene rings is 1. The summed E-state index contributed by atoms with van der Waals surface area (Å²) in [7, 11) is 0. The number of ether oxygens (including phenoxy) is 1. The van der Waals surface area contributed by atoms with Gasteiger partial charge in [-0.2, -0.15) is 0 Å². The molecule has 0 amide bonds. The Kier molecular flexibility index (Phi) is 8.17. The average molecular weight is 421 g/mol.